The monoisotopic (exact) mass is 498 g/mol. The van der Waals surface area contributed by atoms with Crippen molar-refractivity contribution in [1.29, 1.82) is 0 Å². The normalized spacial score (nSPS) is 14.6. The quantitative estimate of drug-likeness (QED) is 0.223. The molecule has 8 nitrogen and oxygen atoms in total. The molecule has 190 valence electrons. The molecule has 0 saturated heterocycles. The first-order valence-corrected chi connectivity index (χ1v) is 12.3. The van der Waals surface area contributed by atoms with Crippen LogP contribution in [0.15, 0.2) is 77.8 Å². The van der Waals surface area contributed by atoms with Gasteiger partial charge in [0.1, 0.15) is 5.92 Å². The van der Waals surface area contributed by atoms with Gasteiger partial charge in [-0.1, -0.05) is 48.5 Å². The Kier molecular flexibility index (Phi) is 8.43. The fourth-order valence-electron chi connectivity index (χ4n) is 4.17. The topological polar surface area (TPSA) is 109 Å². The molecule has 0 fully saturated rings. The van der Waals surface area contributed by atoms with Gasteiger partial charge in [0.25, 0.3) is 0 Å². The van der Waals surface area contributed by atoms with Crippen LogP contribution in [0.3, 0.4) is 0 Å². The molecule has 2 amide bonds. The molecule has 4 rings (SSSR count). The minimum absolute atomic E-state index is 0.0451. The fraction of sp³-hybridized carbons (Fsp3) is 0.241. The molecular formula is C29H30N4O4. The smallest absolute Gasteiger partial charge is 0.338 e. The number of esters is 1. The van der Waals surface area contributed by atoms with Gasteiger partial charge in [-0.15, -0.1) is 0 Å². The summed E-state index contributed by atoms with van der Waals surface area (Å²) in [5.74, 6) is -1.29. The van der Waals surface area contributed by atoms with Crippen LogP contribution in [-0.2, 0) is 20.9 Å². The number of amides is 2. The Bertz CT molecular complexity index is 1300. The molecule has 3 aromatic rings. The van der Waals surface area contributed by atoms with Crippen LogP contribution < -0.4 is 16.0 Å². The van der Waals surface area contributed by atoms with Crippen LogP contribution >= 0.6 is 0 Å². The Labute approximate surface area is 216 Å². The number of benzene rings is 3. The van der Waals surface area contributed by atoms with Gasteiger partial charge in [0, 0.05) is 32.2 Å². The number of anilines is 1. The lowest BCUT2D eigenvalue weighted by Crippen LogP contribution is -2.29. The van der Waals surface area contributed by atoms with Gasteiger partial charge in [0.2, 0.25) is 11.8 Å². The molecule has 0 radical (unpaired) electrons. The lowest BCUT2D eigenvalue weighted by molar-refractivity contribution is -0.119. The van der Waals surface area contributed by atoms with Gasteiger partial charge < -0.3 is 20.7 Å². The molecule has 0 spiro atoms. The minimum atomic E-state index is -0.622. The Morgan fingerprint density at radius 1 is 0.973 bits per heavy atom. The SMILES string of the molecule is CCOC(=O)c1ccc2c(c1)NC(=O)C2C(=Nc1ccc(CNCCNC(C)=O)cc1)c1ccccc1. The number of hydrogen-bond acceptors (Lipinski definition) is 6. The number of ether oxygens (including phenoxy) is 1. The van der Waals surface area contributed by atoms with E-state index in [4.69, 9.17) is 9.73 Å². The standard InChI is InChI=1S/C29H30N4O4/c1-3-37-29(36)22-11-14-24-25(17-22)33-28(35)26(24)27(21-7-5-4-6-8-21)32-23-12-9-20(10-13-23)18-30-15-16-31-19(2)34/h4-14,17,26,30H,3,15-16,18H2,1-2H3,(H,31,34)(H,33,35). The Morgan fingerprint density at radius 2 is 1.73 bits per heavy atom. The molecule has 37 heavy (non-hydrogen) atoms. The van der Waals surface area contributed by atoms with Crippen LogP contribution in [0.2, 0.25) is 0 Å². The summed E-state index contributed by atoms with van der Waals surface area (Å²) in [6.07, 6.45) is 0. The predicted molar refractivity (Wildman–Crippen MR) is 143 cm³/mol. The third kappa shape index (κ3) is 6.48. The van der Waals surface area contributed by atoms with Crippen LogP contribution in [0.1, 0.15) is 46.8 Å². The van der Waals surface area contributed by atoms with E-state index in [0.717, 1.165) is 22.4 Å². The maximum atomic E-state index is 13.2. The minimum Gasteiger partial charge on any atom is -0.462 e. The number of carbonyl (C=O) groups is 3. The van der Waals surface area contributed by atoms with Gasteiger partial charge in [-0.05, 0) is 47.9 Å². The number of nitrogens with zero attached hydrogens (tertiary/aromatic N) is 1. The molecule has 8 heteroatoms. The van der Waals surface area contributed by atoms with E-state index in [1.54, 1.807) is 25.1 Å². The summed E-state index contributed by atoms with van der Waals surface area (Å²) in [6.45, 7) is 5.44. The highest BCUT2D eigenvalue weighted by Crippen LogP contribution is 2.37. The molecule has 3 aromatic carbocycles. The van der Waals surface area contributed by atoms with Gasteiger partial charge in [0.15, 0.2) is 0 Å². The highest BCUT2D eigenvalue weighted by Gasteiger charge is 2.36. The van der Waals surface area contributed by atoms with E-state index in [2.05, 4.69) is 16.0 Å². The molecule has 1 aliphatic rings. The van der Waals surface area contributed by atoms with Gasteiger partial charge in [-0.25, -0.2) is 4.79 Å². The van der Waals surface area contributed by atoms with Crippen molar-refractivity contribution in [2.24, 2.45) is 4.99 Å². The van der Waals surface area contributed by atoms with Gasteiger partial charge in [-0.2, -0.15) is 0 Å². The van der Waals surface area contributed by atoms with Crippen LogP contribution in [-0.4, -0.2) is 43.2 Å². The van der Waals surface area contributed by atoms with Crippen molar-refractivity contribution in [2.45, 2.75) is 26.3 Å². The molecule has 0 aliphatic carbocycles. The van der Waals surface area contributed by atoms with Crippen LogP contribution in [0, 0.1) is 0 Å². The first kappa shape index (κ1) is 25.8. The van der Waals surface area contributed by atoms with E-state index >= 15 is 0 Å². The third-order valence-electron chi connectivity index (χ3n) is 5.93. The second kappa shape index (κ2) is 12.1. The van der Waals surface area contributed by atoms with E-state index < -0.39 is 11.9 Å². The maximum absolute atomic E-state index is 13.2. The number of carbonyl (C=O) groups excluding carboxylic acids is 3. The van der Waals surface area contributed by atoms with E-state index in [9.17, 15) is 14.4 Å². The van der Waals surface area contributed by atoms with Gasteiger partial charge in [0.05, 0.1) is 23.6 Å². The van der Waals surface area contributed by atoms with Crippen molar-refractivity contribution in [3.8, 4) is 0 Å². The summed E-state index contributed by atoms with van der Waals surface area (Å²) in [4.78, 5) is 41.2. The molecule has 0 aromatic heterocycles. The van der Waals surface area contributed by atoms with Crippen LogP contribution in [0.4, 0.5) is 11.4 Å². The third-order valence-corrected chi connectivity index (χ3v) is 5.93. The van der Waals surface area contributed by atoms with E-state index in [1.165, 1.54) is 6.92 Å². The molecule has 0 bridgehead atoms. The average molecular weight is 499 g/mol. The lowest BCUT2D eigenvalue weighted by atomic mass is 9.90. The zero-order valence-electron chi connectivity index (χ0n) is 20.9. The summed E-state index contributed by atoms with van der Waals surface area (Å²) >= 11 is 0. The van der Waals surface area contributed by atoms with Gasteiger partial charge in [-0.3, -0.25) is 14.6 Å². The van der Waals surface area contributed by atoms with Crippen molar-refractivity contribution < 1.29 is 19.1 Å². The molecule has 1 heterocycles. The number of hydrogen-bond donors (Lipinski definition) is 3. The Hall–Kier alpha value is -4.30. The van der Waals surface area contributed by atoms with Crippen molar-refractivity contribution in [3.63, 3.8) is 0 Å². The number of fused-ring (bicyclic) bond motifs is 1. The summed E-state index contributed by atoms with van der Waals surface area (Å²) in [7, 11) is 0. The highest BCUT2D eigenvalue weighted by atomic mass is 16.5. The van der Waals surface area contributed by atoms with Crippen molar-refractivity contribution >= 4 is 34.9 Å². The van der Waals surface area contributed by atoms with Gasteiger partial charge >= 0.3 is 5.97 Å². The average Bonchev–Trinajstić information content (AvgIpc) is 3.23. The second-order valence-electron chi connectivity index (χ2n) is 8.63. The first-order chi connectivity index (χ1) is 18.0. The summed E-state index contributed by atoms with van der Waals surface area (Å²) < 4.78 is 5.10. The highest BCUT2D eigenvalue weighted by molar-refractivity contribution is 6.24. The van der Waals surface area contributed by atoms with Crippen LogP contribution in [0.5, 0.6) is 0 Å². The van der Waals surface area contributed by atoms with E-state index in [-0.39, 0.29) is 18.4 Å². The Morgan fingerprint density at radius 3 is 2.43 bits per heavy atom. The molecule has 1 unspecified atom stereocenters. The molecular weight excluding hydrogens is 468 g/mol. The second-order valence-corrected chi connectivity index (χ2v) is 8.63. The van der Waals surface area contributed by atoms with E-state index in [0.29, 0.717) is 36.6 Å². The Balaban J connectivity index is 1.59. The van der Waals surface area contributed by atoms with Crippen molar-refractivity contribution in [1.82, 2.24) is 10.6 Å². The molecule has 3 N–H and O–H groups in total. The fourth-order valence-corrected chi connectivity index (χ4v) is 4.17. The largest absolute Gasteiger partial charge is 0.462 e. The number of rotatable bonds is 10. The number of nitrogens with one attached hydrogen (secondary N) is 3. The van der Waals surface area contributed by atoms with E-state index in [1.807, 2.05) is 54.6 Å². The van der Waals surface area contributed by atoms with Crippen LogP contribution in [0.25, 0.3) is 0 Å². The van der Waals surface area contributed by atoms with Crippen molar-refractivity contribution in [2.75, 3.05) is 25.0 Å². The zero-order chi connectivity index (χ0) is 26.2. The molecule has 0 saturated carbocycles. The maximum Gasteiger partial charge on any atom is 0.338 e. The lowest BCUT2D eigenvalue weighted by Gasteiger charge is -2.14. The summed E-state index contributed by atoms with van der Waals surface area (Å²) in [5, 5.41) is 8.95. The predicted octanol–water partition coefficient (Wildman–Crippen LogP) is 3.95. The zero-order valence-corrected chi connectivity index (χ0v) is 20.9. The van der Waals surface area contributed by atoms with Crippen molar-refractivity contribution in [3.05, 3.63) is 95.1 Å². The molecule has 1 atom stereocenters. The molecule has 1 aliphatic heterocycles. The summed E-state index contributed by atoms with van der Waals surface area (Å²) in [5.41, 5.74) is 5.02. The summed E-state index contributed by atoms with van der Waals surface area (Å²) in [6, 6.07) is 22.6. The number of aliphatic imine (C=N–C) groups is 1. The first-order valence-electron chi connectivity index (χ1n) is 12.3.